The highest BCUT2D eigenvalue weighted by Gasteiger charge is 2.14. The Morgan fingerprint density at radius 3 is 2.71 bits per heavy atom. The molecule has 0 aliphatic carbocycles. The molecule has 88 valence electrons. The minimum Gasteiger partial charge on any atom is -0.388 e. The molecule has 0 bridgehead atoms. The molecule has 0 saturated heterocycles. The minimum atomic E-state index is -0.559. The maximum absolute atomic E-state index is 11.1. The molecule has 1 heterocycles. The molecule has 1 aromatic heterocycles. The normalized spacial score (nSPS) is 10.0. The lowest BCUT2D eigenvalue weighted by molar-refractivity contribution is 0.201. The fourth-order valence-corrected chi connectivity index (χ4v) is 1.94. The van der Waals surface area contributed by atoms with Crippen molar-refractivity contribution in [3.63, 3.8) is 0 Å². The summed E-state index contributed by atoms with van der Waals surface area (Å²) in [5, 5.41) is 2.36. The van der Waals surface area contributed by atoms with E-state index in [1.54, 1.807) is 0 Å². The first-order valence-electron chi connectivity index (χ1n) is 4.69. The number of hydrogen-bond donors (Lipinski definition) is 1. The summed E-state index contributed by atoms with van der Waals surface area (Å²) in [4.78, 5) is 11.1. The maximum Gasteiger partial charge on any atom is 0.413 e. The second-order valence-electron chi connectivity index (χ2n) is 3.06. The number of amides is 1. The number of benzene rings is 1. The highest BCUT2D eigenvalue weighted by atomic mass is 79.9. The molecule has 0 aliphatic heterocycles. The second kappa shape index (κ2) is 5.24. The SMILES string of the molecule is CNC(=O)Oc1nsnc1-c1ccc(Br)cc1. The summed E-state index contributed by atoms with van der Waals surface area (Å²) in [5.74, 6) is 0.219. The Labute approximate surface area is 110 Å². The van der Waals surface area contributed by atoms with E-state index >= 15 is 0 Å². The number of rotatable bonds is 2. The zero-order chi connectivity index (χ0) is 12.3. The Kier molecular flexibility index (Phi) is 3.70. The van der Waals surface area contributed by atoms with Crippen molar-refractivity contribution in [2.75, 3.05) is 7.05 Å². The molecule has 0 atom stereocenters. The number of carbonyl (C=O) groups is 1. The summed E-state index contributed by atoms with van der Waals surface area (Å²) >= 11 is 4.35. The van der Waals surface area contributed by atoms with Gasteiger partial charge in [-0.1, -0.05) is 28.1 Å². The Morgan fingerprint density at radius 1 is 1.35 bits per heavy atom. The van der Waals surface area contributed by atoms with Crippen LogP contribution in [-0.2, 0) is 0 Å². The average molecular weight is 314 g/mol. The first-order valence-corrected chi connectivity index (χ1v) is 6.21. The molecule has 0 radical (unpaired) electrons. The first-order chi connectivity index (χ1) is 8.20. The van der Waals surface area contributed by atoms with Crippen LogP contribution in [0.3, 0.4) is 0 Å². The highest BCUT2D eigenvalue weighted by molar-refractivity contribution is 9.10. The van der Waals surface area contributed by atoms with Crippen LogP contribution in [0.25, 0.3) is 11.3 Å². The number of nitrogens with zero attached hydrogens (tertiary/aromatic N) is 2. The predicted octanol–water partition coefficient (Wildman–Crippen LogP) is 2.69. The lowest BCUT2D eigenvalue weighted by Crippen LogP contribution is -2.22. The fourth-order valence-electron chi connectivity index (χ4n) is 1.17. The van der Waals surface area contributed by atoms with Crippen LogP contribution in [0.4, 0.5) is 4.79 Å². The molecule has 5 nitrogen and oxygen atoms in total. The van der Waals surface area contributed by atoms with Crippen LogP contribution in [0, 0.1) is 0 Å². The lowest BCUT2D eigenvalue weighted by Gasteiger charge is -2.02. The molecule has 1 amide bonds. The van der Waals surface area contributed by atoms with Gasteiger partial charge in [0.25, 0.3) is 5.88 Å². The monoisotopic (exact) mass is 313 g/mol. The summed E-state index contributed by atoms with van der Waals surface area (Å²) < 4.78 is 14.0. The van der Waals surface area contributed by atoms with E-state index in [0.29, 0.717) is 5.69 Å². The van der Waals surface area contributed by atoms with E-state index in [-0.39, 0.29) is 5.88 Å². The number of halogens is 1. The third-order valence-electron chi connectivity index (χ3n) is 1.97. The zero-order valence-electron chi connectivity index (χ0n) is 8.81. The van der Waals surface area contributed by atoms with E-state index in [1.165, 1.54) is 7.05 Å². The van der Waals surface area contributed by atoms with Crippen LogP contribution < -0.4 is 10.1 Å². The summed E-state index contributed by atoms with van der Waals surface area (Å²) in [6.45, 7) is 0. The molecule has 2 rings (SSSR count). The van der Waals surface area contributed by atoms with Gasteiger partial charge in [0.2, 0.25) is 0 Å². The molecule has 0 saturated carbocycles. The van der Waals surface area contributed by atoms with E-state index in [4.69, 9.17) is 4.74 Å². The highest BCUT2D eigenvalue weighted by Crippen LogP contribution is 2.28. The van der Waals surface area contributed by atoms with Crippen LogP contribution >= 0.6 is 27.7 Å². The van der Waals surface area contributed by atoms with Gasteiger partial charge in [-0.15, -0.1) is 4.37 Å². The first kappa shape index (κ1) is 12.0. The van der Waals surface area contributed by atoms with Gasteiger partial charge in [0, 0.05) is 17.1 Å². The van der Waals surface area contributed by atoms with Crippen LogP contribution in [0.5, 0.6) is 5.88 Å². The van der Waals surface area contributed by atoms with E-state index in [1.807, 2.05) is 24.3 Å². The Hall–Kier alpha value is -1.47. The number of carbonyl (C=O) groups excluding carboxylic acids is 1. The fraction of sp³-hybridized carbons (Fsp3) is 0.100. The van der Waals surface area contributed by atoms with Gasteiger partial charge in [0.1, 0.15) is 5.69 Å². The Bertz CT molecular complexity index is 527. The molecule has 2 aromatic rings. The molecule has 17 heavy (non-hydrogen) atoms. The van der Waals surface area contributed by atoms with Gasteiger partial charge >= 0.3 is 6.09 Å². The predicted molar refractivity (Wildman–Crippen MR) is 68.1 cm³/mol. The van der Waals surface area contributed by atoms with Crippen molar-refractivity contribution in [2.24, 2.45) is 0 Å². The van der Waals surface area contributed by atoms with E-state index < -0.39 is 6.09 Å². The van der Waals surface area contributed by atoms with Crippen LogP contribution in [0.2, 0.25) is 0 Å². The molecule has 0 spiro atoms. The third kappa shape index (κ3) is 2.80. The molecule has 7 heteroatoms. The standard InChI is InChI=1S/C10H8BrN3O2S/c1-12-10(15)16-9-8(13-17-14-9)6-2-4-7(11)5-3-6/h2-5H,1H3,(H,12,15). The van der Waals surface area contributed by atoms with Crippen LogP contribution in [0.1, 0.15) is 0 Å². The topological polar surface area (TPSA) is 64.1 Å². The molecule has 0 fully saturated rings. The Morgan fingerprint density at radius 2 is 2.06 bits per heavy atom. The maximum atomic E-state index is 11.1. The third-order valence-corrected chi connectivity index (χ3v) is 3.01. The minimum absolute atomic E-state index is 0.219. The van der Waals surface area contributed by atoms with Gasteiger partial charge < -0.3 is 10.1 Å². The molecule has 0 aliphatic rings. The van der Waals surface area contributed by atoms with Crippen molar-refractivity contribution >= 4 is 33.8 Å². The number of nitrogens with one attached hydrogen (secondary N) is 1. The van der Waals surface area contributed by atoms with E-state index in [9.17, 15) is 4.79 Å². The van der Waals surface area contributed by atoms with Crippen molar-refractivity contribution in [1.82, 2.24) is 14.1 Å². The van der Waals surface area contributed by atoms with Crippen molar-refractivity contribution in [1.29, 1.82) is 0 Å². The molecular formula is C10H8BrN3O2S. The quantitative estimate of drug-likeness (QED) is 0.925. The van der Waals surface area contributed by atoms with Crippen LogP contribution in [-0.4, -0.2) is 21.9 Å². The van der Waals surface area contributed by atoms with Gasteiger partial charge in [-0.05, 0) is 12.1 Å². The summed E-state index contributed by atoms with van der Waals surface area (Å²) in [6, 6.07) is 7.52. The van der Waals surface area contributed by atoms with Crippen molar-refractivity contribution < 1.29 is 9.53 Å². The van der Waals surface area contributed by atoms with Gasteiger partial charge in [-0.25, -0.2) is 4.79 Å². The van der Waals surface area contributed by atoms with Gasteiger partial charge in [0.05, 0.1) is 11.7 Å². The number of hydrogen-bond acceptors (Lipinski definition) is 5. The molecule has 1 N–H and O–H groups in total. The van der Waals surface area contributed by atoms with Gasteiger partial charge in [-0.2, -0.15) is 4.37 Å². The molecule has 1 aromatic carbocycles. The van der Waals surface area contributed by atoms with Crippen molar-refractivity contribution in [3.05, 3.63) is 28.7 Å². The Balaban J connectivity index is 2.30. The second-order valence-corrected chi connectivity index (χ2v) is 4.51. The molecule has 0 unspecified atom stereocenters. The number of ether oxygens (including phenoxy) is 1. The summed E-state index contributed by atoms with van der Waals surface area (Å²) in [6.07, 6.45) is -0.559. The number of aromatic nitrogens is 2. The summed E-state index contributed by atoms with van der Waals surface area (Å²) in [5.41, 5.74) is 1.41. The van der Waals surface area contributed by atoms with Crippen molar-refractivity contribution in [3.8, 4) is 17.1 Å². The van der Waals surface area contributed by atoms with Gasteiger partial charge in [-0.3, -0.25) is 0 Å². The molecular weight excluding hydrogens is 306 g/mol. The van der Waals surface area contributed by atoms with Crippen LogP contribution in [0.15, 0.2) is 28.7 Å². The summed E-state index contributed by atoms with van der Waals surface area (Å²) in [7, 11) is 1.49. The van der Waals surface area contributed by atoms with Crippen molar-refractivity contribution in [2.45, 2.75) is 0 Å². The lowest BCUT2D eigenvalue weighted by atomic mass is 10.2. The largest absolute Gasteiger partial charge is 0.413 e. The zero-order valence-corrected chi connectivity index (χ0v) is 11.2. The average Bonchev–Trinajstić information content (AvgIpc) is 2.78. The smallest absolute Gasteiger partial charge is 0.388 e. The van der Waals surface area contributed by atoms with Gasteiger partial charge in [0.15, 0.2) is 0 Å². The van der Waals surface area contributed by atoms with E-state index in [2.05, 4.69) is 30.0 Å². The van der Waals surface area contributed by atoms with E-state index in [0.717, 1.165) is 21.8 Å².